The van der Waals surface area contributed by atoms with Crippen molar-refractivity contribution in [2.24, 2.45) is 0 Å². The smallest absolute Gasteiger partial charge is 0.410 e. The van der Waals surface area contributed by atoms with Crippen molar-refractivity contribution in [3.05, 3.63) is 0 Å². The lowest BCUT2D eigenvalue weighted by molar-refractivity contribution is -0.138. The molecule has 6 nitrogen and oxygen atoms in total. The van der Waals surface area contributed by atoms with Crippen molar-refractivity contribution in [2.75, 3.05) is 6.54 Å². The molecule has 0 aromatic carbocycles. The number of hydrogen-bond acceptors (Lipinski definition) is 4. The van der Waals surface area contributed by atoms with E-state index in [2.05, 4.69) is 0 Å². The number of Topliss-reactive ketones (excluding diaryl/α,β-unsaturated/α-hetero) is 1. The molecule has 0 aromatic rings. The molecular weight excluding hydrogens is 250 g/mol. The zero-order valence-corrected chi connectivity index (χ0v) is 11.6. The summed E-state index contributed by atoms with van der Waals surface area (Å²) in [5.41, 5.74) is -0.630. The van der Waals surface area contributed by atoms with Gasteiger partial charge in [0.05, 0.1) is 6.04 Å². The molecule has 1 amide bonds. The Morgan fingerprint density at radius 3 is 2.58 bits per heavy atom. The number of ether oxygens (including phenoxy) is 1. The molecule has 1 atom stereocenters. The van der Waals surface area contributed by atoms with Crippen molar-refractivity contribution in [2.45, 2.75) is 58.1 Å². The highest BCUT2D eigenvalue weighted by molar-refractivity contribution is 5.89. The molecule has 1 aliphatic heterocycles. The summed E-state index contributed by atoms with van der Waals surface area (Å²) in [6.07, 6.45) is 0.463. The van der Waals surface area contributed by atoms with E-state index >= 15 is 0 Å². The van der Waals surface area contributed by atoms with Crippen molar-refractivity contribution in [1.82, 2.24) is 4.90 Å². The minimum Gasteiger partial charge on any atom is -0.481 e. The summed E-state index contributed by atoms with van der Waals surface area (Å²) in [5.74, 6) is -1.05. The standard InChI is InChI=1S/C13H21NO5/c1-13(2,3)19-12(18)14-8-4-5-10(15)9(14)6-7-11(16)17/h9H,4-8H2,1-3H3,(H,16,17). The van der Waals surface area contributed by atoms with Gasteiger partial charge in [0.1, 0.15) is 5.60 Å². The van der Waals surface area contributed by atoms with Gasteiger partial charge in [-0.05, 0) is 33.6 Å². The van der Waals surface area contributed by atoms with E-state index in [9.17, 15) is 14.4 Å². The van der Waals surface area contributed by atoms with E-state index in [1.165, 1.54) is 4.90 Å². The summed E-state index contributed by atoms with van der Waals surface area (Å²) >= 11 is 0. The van der Waals surface area contributed by atoms with E-state index < -0.39 is 23.7 Å². The number of aliphatic carboxylic acids is 1. The number of likely N-dealkylation sites (tertiary alicyclic amines) is 1. The number of carboxylic acids is 1. The fourth-order valence-electron chi connectivity index (χ4n) is 2.04. The van der Waals surface area contributed by atoms with Crippen LogP contribution in [-0.2, 0) is 14.3 Å². The van der Waals surface area contributed by atoms with Gasteiger partial charge in [0.25, 0.3) is 0 Å². The van der Waals surface area contributed by atoms with Crippen molar-refractivity contribution < 1.29 is 24.2 Å². The molecule has 19 heavy (non-hydrogen) atoms. The highest BCUT2D eigenvalue weighted by atomic mass is 16.6. The van der Waals surface area contributed by atoms with Crippen LogP contribution >= 0.6 is 0 Å². The Morgan fingerprint density at radius 2 is 2.05 bits per heavy atom. The first kappa shape index (κ1) is 15.5. The maximum atomic E-state index is 12.0. The number of hydrogen-bond donors (Lipinski definition) is 1. The SMILES string of the molecule is CC(C)(C)OC(=O)N1CCCC(=O)C1CCC(=O)O. The van der Waals surface area contributed by atoms with E-state index in [0.717, 1.165) is 0 Å². The van der Waals surface area contributed by atoms with Crippen LogP contribution in [0.1, 0.15) is 46.5 Å². The fourth-order valence-corrected chi connectivity index (χ4v) is 2.04. The summed E-state index contributed by atoms with van der Waals surface area (Å²) in [7, 11) is 0. The topological polar surface area (TPSA) is 83.9 Å². The van der Waals surface area contributed by atoms with Gasteiger partial charge in [-0.15, -0.1) is 0 Å². The van der Waals surface area contributed by atoms with Crippen LogP contribution in [0.2, 0.25) is 0 Å². The minimum absolute atomic E-state index is 0.0849. The molecule has 0 saturated carbocycles. The molecule has 0 radical (unpaired) electrons. The molecule has 0 spiro atoms. The van der Waals surface area contributed by atoms with E-state index in [1.54, 1.807) is 20.8 Å². The van der Waals surface area contributed by atoms with Gasteiger partial charge >= 0.3 is 12.1 Å². The van der Waals surface area contributed by atoms with Gasteiger partial charge < -0.3 is 9.84 Å². The second-order valence-electron chi connectivity index (χ2n) is 5.69. The minimum atomic E-state index is -0.970. The van der Waals surface area contributed by atoms with Crippen LogP contribution in [0.5, 0.6) is 0 Å². The zero-order valence-electron chi connectivity index (χ0n) is 11.6. The van der Waals surface area contributed by atoms with Crippen LogP contribution in [0.3, 0.4) is 0 Å². The van der Waals surface area contributed by atoms with E-state index in [4.69, 9.17) is 9.84 Å². The molecule has 1 heterocycles. The molecule has 1 unspecified atom stereocenters. The van der Waals surface area contributed by atoms with Crippen LogP contribution in [0, 0.1) is 0 Å². The monoisotopic (exact) mass is 271 g/mol. The first-order chi connectivity index (χ1) is 8.70. The maximum absolute atomic E-state index is 12.0. The lowest BCUT2D eigenvalue weighted by Gasteiger charge is -2.35. The second-order valence-corrected chi connectivity index (χ2v) is 5.69. The third-order valence-electron chi connectivity index (χ3n) is 2.83. The number of amides is 1. The van der Waals surface area contributed by atoms with E-state index in [-0.39, 0.29) is 18.6 Å². The number of nitrogens with zero attached hydrogens (tertiary/aromatic N) is 1. The molecule has 1 N–H and O–H groups in total. The number of carboxylic acid groups (broad SMARTS) is 1. The number of carbonyl (C=O) groups is 3. The van der Waals surface area contributed by atoms with Gasteiger partial charge in [0, 0.05) is 19.4 Å². The van der Waals surface area contributed by atoms with Gasteiger partial charge in [0.15, 0.2) is 5.78 Å². The lowest BCUT2D eigenvalue weighted by atomic mass is 9.97. The quantitative estimate of drug-likeness (QED) is 0.846. The average molecular weight is 271 g/mol. The molecule has 0 bridgehead atoms. The molecule has 1 aliphatic rings. The summed E-state index contributed by atoms with van der Waals surface area (Å²) in [6, 6.07) is -0.667. The third kappa shape index (κ3) is 4.89. The Bertz CT molecular complexity index is 372. The van der Waals surface area contributed by atoms with Gasteiger partial charge in [-0.3, -0.25) is 14.5 Å². The normalized spacial score (nSPS) is 20.3. The van der Waals surface area contributed by atoms with Crippen molar-refractivity contribution in [3.8, 4) is 0 Å². The Hall–Kier alpha value is -1.59. The van der Waals surface area contributed by atoms with Crippen LogP contribution in [-0.4, -0.2) is 46.0 Å². The van der Waals surface area contributed by atoms with Crippen LogP contribution < -0.4 is 0 Å². The van der Waals surface area contributed by atoms with Crippen LogP contribution in [0.25, 0.3) is 0 Å². The summed E-state index contributed by atoms with van der Waals surface area (Å²) in [6.45, 7) is 5.69. The first-order valence-corrected chi connectivity index (χ1v) is 6.45. The fraction of sp³-hybridized carbons (Fsp3) is 0.769. The van der Waals surface area contributed by atoms with Gasteiger partial charge in [0.2, 0.25) is 0 Å². The summed E-state index contributed by atoms with van der Waals surface area (Å²) in [4.78, 5) is 35.8. The highest BCUT2D eigenvalue weighted by Crippen LogP contribution is 2.21. The molecule has 0 aliphatic carbocycles. The Morgan fingerprint density at radius 1 is 1.42 bits per heavy atom. The Balaban J connectivity index is 2.73. The molecule has 1 rings (SSSR count). The van der Waals surface area contributed by atoms with Gasteiger partial charge in [-0.25, -0.2) is 4.79 Å². The molecule has 108 valence electrons. The highest BCUT2D eigenvalue weighted by Gasteiger charge is 2.35. The average Bonchev–Trinajstić information content (AvgIpc) is 2.24. The first-order valence-electron chi connectivity index (χ1n) is 6.45. The predicted molar refractivity (Wildman–Crippen MR) is 67.8 cm³/mol. The Kier molecular flexibility index (Phi) is 4.91. The molecule has 0 aromatic heterocycles. The maximum Gasteiger partial charge on any atom is 0.410 e. The van der Waals surface area contributed by atoms with Crippen LogP contribution in [0.4, 0.5) is 4.79 Å². The molecular formula is C13H21NO5. The second kappa shape index (κ2) is 6.04. The number of piperidine rings is 1. The van der Waals surface area contributed by atoms with Gasteiger partial charge in [-0.1, -0.05) is 0 Å². The van der Waals surface area contributed by atoms with E-state index in [1.807, 2.05) is 0 Å². The van der Waals surface area contributed by atoms with E-state index in [0.29, 0.717) is 19.4 Å². The molecule has 6 heteroatoms. The van der Waals surface area contributed by atoms with Gasteiger partial charge in [-0.2, -0.15) is 0 Å². The summed E-state index contributed by atoms with van der Waals surface area (Å²) in [5, 5.41) is 8.70. The number of rotatable bonds is 3. The van der Waals surface area contributed by atoms with Crippen LogP contribution in [0.15, 0.2) is 0 Å². The predicted octanol–water partition coefficient (Wildman–Crippen LogP) is 1.82. The molecule has 1 saturated heterocycles. The van der Waals surface area contributed by atoms with Crippen molar-refractivity contribution in [3.63, 3.8) is 0 Å². The number of carbonyl (C=O) groups excluding carboxylic acids is 2. The largest absolute Gasteiger partial charge is 0.481 e. The number of ketones is 1. The Labute approximate surface area is 112 Å². The van der Waals surface area contributed by atoms with Crippen molar-refractivity contribution >= 4 is 17.8 Å². The van der Waals surface area contributed by atoms with Crippen molar-refractivity contribution in [1.29, 1.82) is 0 Å². The third-order valence-corrected chi connectivity index (χ3v) is 2.83. The lowest BCUT2D eigenvalue weighted by Crippen LogP contribution is -2.50. The molecule has 1 fully saturated rings. The zero-order chi connectivity index (χ0) is 14.6. The summed E-state index contributed by atoms with van der Waals surface area (Å²) < 4.78 is 5.25.